The molecule has 0 aliphatic rings. The van der Waals surface area contributed by atoms with Gasteiger partial charge in [0.05, 0.1) is 12.6 Å². The Hall–Kier alpha value is -1.39. The monoisotopic (exact) mass is 250 g/mol. The molecule has 1 aromatic rings. The summed E-state index contributed by atoms with van der Waals surface area (Å²) in [6, 6.07) is 7.61. The Kier molecular flexibility index (Phi) is 6.39. The summed E-state index contributed by atoms with van der Waals surface area (Å²) in [6.07, 6.45) is 1.69. The predicted octanol–water partition coefficient (Wildman–Crippen LogP) is 1.34. The number of ether oxygens (including phenoxy) is 1. The van der Waals surface area contributed by atoms with Gasteiger partial charge in [0.15, 0.2) is 0 Å². The summed E-state index contributed by atoms with van der Waals surface area (Å²) in [4.78, 5) is 12.0. The van der Waals surface area contributed by atoms with Crippen molar-refractivity contribution in [2.75, 3.05) is 20.3 Å². The number of methoxy groups -OCH3 is 1. The van der Waals surface area contributed by atoms with Crippen LogP contribution in [-0.4, -0.2) is 32.2 Å². The largest absolute Gasteiger partial charge is 0.383 e. The van der Waals surface area contributed by atoms with Gasteiger partial charge >= 0.3 is 0 Å². The maximum atomic E-state index is 12.0. The number of carbonyl (C=O) groups is 1. The standard InChI is InChI=1S/C14H22N2O2/c1-3-13(10-18-2)16-14(17)12-6-4-11(5-7-12)8-9-15/h4-7,13H,3,8-10,15H2,1-2H3,(H,16,17). The summed E-state index contributed by atoms with van der Waals surface area (Å²) in [6.45, 7) is 3.18. The molecule has 0 heterocycles. The fourth-order valence-electron chi connectivity index (χ4n) is 1.72. The van der Waals surface area contributed by atoms with Gasteiger partial charge in [-0.25, -0.2) is 0 Å². The highest BCUT2D eigenvalue weighted by atomic mass is 16.5. The zero-order valence-corrected chi connectivity index (χ0v) is 11.1. The summed E-state index contributed by atoms with van der Waals surface area (Å²) in [5, 5.41) is 2.95. The van der Waals surface area contributed by atoms with Crippen LogP contribution in [-0.2, 0) is 11.2 Å². The van der Waals surface area contributed by atoms with E-state index >= 15 is 0 Å². The van der Waals surface area contributed by atoms with E-state index in [9.17, 15) is 4.79 Å². The summed E-state index contributed by atoms with van der Waals surface area (Å²) in [5.74, 6) is -0.0572. The van der Waals surface area contributed by atoms with Crippen molar-refractivity contribution in [1.29, 1.82) is 0 Å². The van der Waals surface area contributed by atoms with Crippen LogP contribution < -0.4 is 11.1 Å². The molecule has 0 saturated carbocycles. The summed E-state index contributed by atoms with van der Waals surface area (Å²) in [7, 11) is 1.64. The van der Waals surface area contributed by atoms with Crippen molar-refractivity contribution in [3.63, 3.8) is 0 Å². The molecule has 1 unspecified atom stereocenters. The molecular weight excluding hydrogens is 228 g/mol. The van der Waals surface area contributed by atoms with Crippen LogP contribution in [0.15, 0.2) is 24.3 Å². The van der Waals surface area contributed by atoms with Crippen molar-refractivity contribution in [3.8, 4) is 0 Å². The van der Waals surface area contributed by atoms with Crippen molar-refractivity contribution in [2.45, 2.75) is 25.8 Å². The van der Waals surface area contributed by atoms with Gasteiger partial charge < -0.3 is 15.8 Å². The normalized spacial score (nSPS) is 12.2. The summed E-state index contributed by atoms with van der Waals surface area (Å²) in [5.41, 5.74) is 7.30. The molecule has 1 atom stereocenters. The molecule has 0 saturated heterocycles. The van der Waals surface area contributed by atoms with Crippen LogP contribution in [0.25, 0.3) is 0 Å². The van der Waals surface area contributed by atoms with Crippen LogP contribution >= 0.6 is 0 Å². The minimum absolute atomic E-state index is 0.0572. The van der Waals surface area contributed by atoms with E-state index in [4.69, 9.17) is 10.5 Å². The van der Waals surface area contributed by atoms with Crippen molar-refractivity contribution >= 4 is 5.91 Å². The highest BCUT2D eigenvalue weighted by Gasteiger charge is 2.11. The first-order valence-electron chi connectivity index (χ1n) is 6.30. The van der Waals surface area contributed by atoms with Gasteiger partial charge in [-0.3, -0.25) is 4.79 Å². The summed E-state index contributed by atoms with van der Waals surface area (Å²) < 4.78 is 5.05. The lowest BCUT2D eigenvalue weighted by Crippen LogP contribution is -2.37. The molecule has 3 N–H and O–H groups in total. The number of amides is 1. The molecule has 0 aliphatic carbocycles. The van der Waals surface area contributed by atoms with E-state index in [0.29, 0.717) is 18.7 Å². The van der Waals surface area contributed by atoms with Crippen molar-refractivity contribution in [1.82, 2.24) is 5.32 Å². The molecule has 0 aromatic heterocycles. The van der Waals surface area contributed by atoms with E-state index in [-0.39, 0.29) is 11.9 Å². The van der Waals surface area contributed by atoms with Crippen LogP contribution in [0.4, 0.5) is 0 Å². The van der Waals surface area contributed by atoms with Gasteiger partial charge in [-0.05, 0) is 37.1 Å². The Morgan fingerprint density at radius 2 is 2.06 bits per heavy atom. The van der Waals surface area contributed by atoms with Crippen molar-refractivity contribution < 1.29 is 9.53 Å². The first-order valence-corrected chi connectivity index (χ1v) is 6.30. The summed E-state index contributed by atoms with van der Waals surface area (Å²) >= 11 is 0. The second-order valence-corrected chi connectivity index (χ2v) is 4.27. The topological polar surface area (TPSA) is 64.3 Å². The molecule has 100 valence electrons. The van der Waals surface area contributed by atoms with Crippen LogP contribution in [0.1, 0.15) is 29.3 Å². The SMILES string of the molecule is CCC(COC)NC(=O)c1ccc(CCN)cc1. The average Bonchev–Trinajstić information content (AvgIpc) is 2.39. The zero-order chi connectivity index (χ0) is 13.4. The minimum atomic E-state index is -0.0572. The van der Waals surface area contributed by atoms with Gasteiger partial charge in [0.25, 0.3) is 5.91 Å². The Morgan fingerprint density at radius 3 is 2.56 bits per heavy atom. The van der Waals surface area contributed by atoms with E-state index < -0.39 is 0 Å². The second kappa shape index (κ2) is 7.84. The number of rotatable bonds is 7. The lowest BCUT2D eigenvalue weighted by Gasteiger charge is -2.15. The lowest BCUT2D eigenvalue weighted by molar-refractivity contribution is 0.0894. The third-order valence-electron chi connectivity index (χ3n) is 2.85. The molecule has 4 nitrogen and oxygen atoms in total. The highest BCUT2D eigenvalue weighted by Crippen LogP contribution is 2.05. The molecule has 1 rings (SSSR count). The zero-order valence-electron chi connectivity index (χ0n) is 11.1. The molecule has 0 fully saturated rings. The number of carbonyl (C=O) groups excluding carboxylic acids is 1. The van der Waals surface area contributed by atoms with E-state index in [2.05, 4.69) is 5.32 Å². The van der Waals surface area contributed by atoms with E-state index in [0.717, 1.165) is 18.4 Å². The Morgan fingerprint density at radius 1 is 1.39 bits per heavy atom. The van der Waals surface area contributed by atoms with Crippen molar-refractivity contribution in [2.24, 2.45) is 5.73 Å². The van der Waals surface area contributed by atoms with E-state index in [1.807, 2.05) is 31.2 Å². The molecule has 0 radical (unpaired) electrons. The lowest BCUT2D eigenvalue weighted by atomic mass is 10.1. The maximum absolute atomic E-state index is 12.0. The number of hydrogen-bond acceptors (Lipinski definition) is 3. The molecule has 0 spiro atoms. The highest BCUT2D eigenvalue weighted by molar-refractivity contribution is 5.94. The van der Waals surface area contributed by atoms with Crippen LogP contribution in [0, 0.1) is 0 Å². The Labute approximate surface area is 109 Å². The third-order valence-corrected chi connectivity index (χ3v) is 2.85. The smallest absolute Gasteiger partial charge is 0.251 e. The Balaban J connectivity index is 2.60. The van der Waals surface area contributed by atoms with Crippen molar-refractivity contribution in [3.05, 3.63) is 35.4 Å². The predicted molar refractivity (Wildman–Crippen MR) is 72.6 cm³/mol. The molecule has 1 aromatic carbocycles. The number of nitrogens with two attached hydrogens (primary N) is 1. The van der Waals surface area contributed by atoms with Gasteiger partial charge in [-0.15, -0.1) is 0 Å². The van der Waals surface area contributed by atoms with Gasteiger partial charge in [0.1, 0.15) is 0 Å². The number of hydrogen-bond donors (Lipinski definition) is 2. The first-order chi connectivity index (χ1) is 8.71. The number of nitrogens with one attached hydrogen (secondary N) is 1. The molecule has 1 amide bonds. The third kappa shape index (κ3) is 4.47. The fraction of sp³-hybridized carbons (Fsp3) is 0.500. The molecule has 0 bridgehead atoms. The van der Waals surface area contributed by atoms with E-state index in [1.54, 1.807) is 7.11 Å². The van der Waals surface area contributed by atoms with Gasteiger partial charge in [-0.1, -0.05) is 19.1 Å². The van der Waals surface area contributed by atoms with Gasteiger partial charge in [0.2, 0.25) is 0 Å². The first kappa shape index (κ1) is 14.7. The second-order valence-electron chi connectivity index (χ2n) is 4.27. The number of benzene rings is 1. The molecular formula is C14H22N2O2. The van der Waals surface area contributed by atoms with Gasteiger partial charge in [-0.2, -0.15) is 0 Å². The van der Waals surface area contributed by atoms with E-state index in [1.165, 1.54) is 0 Å². The van der Waals surface area contributed by atoms with Gasteiger partial charge in [0, 0.05) is 12.7 Å². The quantitative estimate of drug-likeness (QED) is 0.767. The van der Waals surface area contributed by atoms with Crippen LogP contribution in [0.5, 0.6) is 0 Å². The Bertz CT molecular complexity index is 363. The fourth-order valence-corrected chi connectivity index (χ4v) is 1.72. The van der Waals surface area contributed by atoms with Crippen LogP contribution in [0.2, 0.25) is 0 Å². The minimum Gasteiger partial charge on any atom is -0.383 e. The maximum Gasteiger partial charge on any atom is 0.251 e. The molecule has 18 heavy (non-hydrogen) atoms. The average molecular weight is 250 g/mol. The molecule has 0 aliphatic heterocycles. The van der Waals surface area contributed by atoms with Crippen LogP contribution in [0.3, 0.4) is 0 Å². The molecule has 4 heteroatoms.